The lowest BCUT2D eigenvalue weighted by Gasteiger charge is -2.22. The summed E-state index contributed by atoms with van der Waals surface area (Å²) in [5.74, 6) is 0. The van der Waals surface area contributed by atoms with Crippen LogP contribution < -0.4 is 5.19 Å². The van der Waals surface area contributed by atoms with Crippen molar-refractivity contribution in [3.8, 4) is 0 Å². The first-order valence-electron chi connectivity index (χ1n) is 6.92. The van der Waals surface area contributed by atoms with Gasteiger partial charge in [0, 0.05) is 0 Å². The molecule has 0 nitrogen and oxygen atoms in total. The predicted molar refractivity (Wildman–Crippen MR) is 79.5 cm³/mol. The Morgan fingerprint density at radius 2 is 1.65 bits per heavy atom. The molecule has 0 heterocycles. The number of hydrogen-bond acceptors (Lipinski definition) is 0. The highest BCUT2D eigenvalue weighted by Gasteiger charge is 2.21. The predicted octanol–water partition coefficient (Wildman–Crippen LogP) is 4.49. The molecule has 1 aromatic rings. The van der Waals surface area contributed by atoms with Crippen LogP contribution in [0.25, 0.3) is 0 Å². The van der Waals surface area contributed by atoms with E-state index in [2.05, 4.69) is 49.5 Å². The molecular weight excluding hydrogens is 220 g/mol. The van der Waals surface area contributed by atoms with Crippen LogP contribution in [0.4, 0.5) is 0 Å². The van der Waals surface area contributed by atoms with Crippen LogP contribution >= 0.6 is 0 Å². The summed E-state index contributed by atoms with van der Waals surface area (Å²) >= 11 is 0. The molecule has 1 aliphatic rings. The molecule has 0 aromatic heterocycles. The molecule has 0 radical (unpaired) electrons. The summed E-state index contributed by atoms with van der Waals surface area (Å²) in [4.78, 5) is 0. The average Bonchev–Trinajstić information content (AvgIpc) is 2.39. The van der Waals surface area contributed by atoms with E-state index in [4.69, 9.17) is 0 Å². The monoisotopic (exact) mass is 244 g/mol. The van der Waals surface area contributed by atoms with Crippen LogP contribution in [-0.4, -0.2) is 8.07 Å². The van der Waals surface area contributed by atoms with Gasteiger partial charge < -0.3 is 0 Å². The van der Waals surface area contributed by atoms with Gasteiger partial charge in [0.25, 0.3) is 0 Å². The molecule has 0 spiro atoms. The van der Waals surface area contributed by atoms with E-state index in [1.165, 1.54) is 38.1 Å². The van der Waals surface area contributed by atoms with Gasteiger partial charge in [0.05, 0.1) is 8.07 Å². The Morgan fingerprint density at radius 1 is 1.00 bits per heavy atom. The van der Waals surface area contributed by atoms with E-state index in [-0.39, 0.29) is 0 Å². The van der Waals surface area contributed by atoms with Crippen molar-refractivity contribution in [1.29, 1.82) is 0 Å². The molecule has 0 bridgehead atoms. The van der Waals surface area contributed by atoms with E-state index >= 15 is 0 Å². The second-order valence-electron chi connectivity index (χ2n) is 5.88. The van der Waals surface area contributed by atoms with Gasteiger partial charge in [-0.1, -0.05) is 66.7 Å². The Labute approximate surface area is 107 Å². The zero-order valence-corrected chi connectivity index (χ0v) is 12.2. The minimum atomic E-state index is -1.24. The number of benzene rings is 1. The Balaban J connectivity index is 2.02. The summed E-state index contributed by atoms with van der Waals surface area (Å²) in [6.45, 7) is 4.98. The van der Waals surface area contributed by atoms with Crippen LogP contribution in [0.5, 0.6) is 0 Å². The second-order valence-corrected chi connectivity index (χ2v) is 10.6. The van der Waals surface area contributed by atoms with Crippen molar-refractivity contribution in [1.82, 2.24) is 0 Å². The van der Waals surface area contributed by atoms with E-state index in [1.807, 2.05) is 0 Å². The number of hydrogen-bond donors (Lipinski definition) is 0. The summed E-state index contributed by atoms with van der Waals surface area (Å²) in [7, 11) is -1.24. The smallest absolute Gasteiger partial charge is 0.0843 e. The second kappa shape index (κ2) is 5.68. The van der Waals surface area contributed by atoms with Gasteiger partial charge in [-0.3, -0.25) is 0 Å². The Bertz CT molecular complexity index is 368. The minimum Gasteiger partial charge on any atom is -0.0877 e. The molecule has 0 atom stereocenters. The Morgan fingerprint density at radius 3 is 2.29 bits per heavy atom. The largest absolute Gasteiger partial charge is 0.0877 e. The summed E-state index contributed by atoms with van der Waals surface area (Å²) in [5, 5.41) is 1.59. The molecule has 0 aliphatic heterocycles. The van der Waals surface area contributed by atoms with Crippen molar-refractivity contribution >= 4 is 13.3 Å². The topological polar surface area (TPSA) is 0 Å². The summed E-state index contributed by atoms with van der Waals surface area (Å²) in [6, 6.07) is 12.4. The van der Waals surface area contributed by atoms with Gasteiger partial charge in [-0.2, -0.15) is 0 Å². The first kappa shape index (κ1) is 12.6. The molecule has 0 amide bonds. The lowest BCUT2D eigenvalue weighted by Crippen LogP contribution is -2.40. The van der Waals surface area contributed by atoms with Gasteiger partial charge in [-0.05, 0) is 31.7 Å². The fraction of sp³-hybridized carbons (Fsp3) is 0.500. The molecule has 1 aliphatic carbocycles. The van der Waals surface area contributed by atoms with Crippen LogP contribution in [0.3, 0.4) is 0 Å². The lowest BCUT2D eigenvalue weighted by atomic mass is 9.95. The SMILES string of the molecule is C[Si](C)(CC=C1CCCCC1)c1ccccc1. The van der Waals surface area contributed by atoms with E-state index in [9.17, 15) is 0 Å². The maximum absolute atomic E-state index is 2.57. The Hall–Kier alpha value is -0.823. The molecular formula is C16H24Si. The van der Waals surface area contributed by atoms with E-state index < -0.39 is 8.07 Å². The van der Waals surface area contributed by atoms with Gasteiger partial charge in [0.1, 0.15) is 0 Å². The average molecular weight is 244 g/mol. The van der Waals surface area contributed by atoms with Crippen molar-refractivity contribution < 1.29 is 0 Å². The van der Waals surface area contributed by atoms with Crippen molar-refractivity contribution in [3.05, 3.63) is 42.0 Å². The molecule has 1 fully saturated rings. The zero-order chi connectivity index (χ0) is 12.1. The van der Waals surface area contributed by atoms with E-state index in [0.717, 1.165) is 0 Å². The normalized spacial score (nSPS) is 16.9. The Kier molecular flexibility index (Phi) is 4.22. The molecule has 0 N–H and O–H groups in total. The zero-order valence-electron chi connectivity index (χ0n) is 11.2. The maximum atomic E-state index is 2.57. The molecule has 92 valence electrons. The summed E-state index contributed by atoms with van der Waals surface area (Å²) < 4.78 is 0. The van der Waals surface area contributed by atoms with Gasteiger partial charge in [-0.15, -0.1) is 0 Å². The quantitative estimate of drug-likeness (QED) is 0.543. The molecule has 0 saturated heterocycles. The highest BCUT2D eigenvalue weighted by molar-refractivity contribution is 6.90. The third kappa shape index (κ3) is 3.57. The van der Waals surface area contributed by atoms with E-state index in [1.54, 1.807) is 10.8 Å². The molecule has 1 aromatic carbocycles. The first-order chi connectivity index (χ1) is 8.18. The highest BCUT2D eigenvalue weighted by Crippen LogP contribution is 2.24. The number of allylic oxidation sites excluding steroid dienone is 2. The molecule has 2 rings (SSSR count). The van der Waals surface area contributed by atoms with Crippen molar-refractivity contribution in [3.63, 3.8) is 0 Å². The summed E-state index contributed by atoms with van der Waals surface area (Å²) in [5.41, 5.74) is 1.73. The van der Waals surface area contributed by atoms with Crippen molar-refractivity contribution in [2.75, 3.05) is 0 Å². The first-order valence-corrected chi connectivity index (χ1v) is 10.1. The van der Waals surface area contributed by atoms with Crippen molar-refractivity contribution in [2.24, 2.45) is 0 Å². The minimum absolute atomic E-state index is 1.24. The third-order valence-electron chi connectivity index (χ3n) is 3.95. The van der Waals surface area contributed by atoms with Crippen molar-refractivity contribution in [2.45, 2.75) is 51.2 Å². The van der Waals surface area contributed by atoms with Gasteiger partial charge in [-0.25, -0.2) is 0 Å². The summed E-state index contributed by atoms with van der Waals surface area (Å²) in [6.07, 6.45) is 9.56. The van der Waals surface area contributed by atoms with Crippen LogP contribution in [-0.2, 0) is 0 Å². The molecule has 17 heavy (non-hydrogen) atoms. The van der Waals surface area contributed by atoms with Gasteiger partial charge in [0.15, 0.2) is 0 Å². The fourth-order valence-electron chi connectivity index (χ4n) is 2.62. The molecule has 1 saturated carbocycles. The fourth-order valence-corrected chi connectivity index (χ4v) is 4.75. The van der Waals surface area contributed by atoms with Crippen LogP contribution in [0, 0.1) is 0 Å². The van der Waals surface area contributed by atoms with Crippen LogP contribution in [0.1, 0.15) is 32.1 Å². The van der Waals surface area contributed by atoms with Gasteiger partial charge in [0.2, 0.25) is 0 Å². The maximum Gasteiger partial charge on any atom is 0.0843 e. The van der Waals surface area contributed by atoms with Crippen LogP contribution in [0.2, 0.25) is 19.1 Å². The van der Waals surface area contributed by atoms with Crippen LogP contribution in [0.15, 0.2) is 42.0 Å². The number of rotatable bonds is 3. The molecule has 1 heteroatoms. The standard InChI is InChI=1S/C16H24Si/c1-17(2,16-11-7-4-8-12-16)14-13-15-9-5-3-6-10-15/h4,7-8,11-13H,3,5-6,9-10,14H2,1-2H3. The van der Waals surface area contributed by atoms with Gasteiger partial charge >= 0.3 is 0 Å². The third-order valence-corrected chi connectivity index (χ3v) is 7.07. The molecule has 0 unspecified atom stereocenters. The van der Waals surface area contributed by atoms with E-state index in [0.29, 0.717) is 0 Å². The highest BCUT2D eigenvalue weighted by atomic mass is 28.3. The lowest BCUT2D eigenvalue weighted by molar-refractivity contribution is 0.598.